The molecule has 0 aliphatic heterocycles. The molecule has 0 radical (unpaired) electrons. The smallest absolute Gasteiger partial charge is 0.261 e. The van der Waals surface area contributed by atoms with Gasteiger partial charge in [-0.05, 0) is 49.2 Å². The number of nitrogens with one attached hydrogen (secondary N) is 1. The Morgan fingerprint density at radius 3 is 2.57 bits per heavy atom. The topological polar surface area (TPSA) is 38.3 Å². The fourth-order valence-corrected chi connectivity index (χ4v) is 2.35. The molecule has 0 heterocycles. The summed E-state index contributed by atoms with van der Waals surface area (Å²) >= 11 is 5.92. The van der Waals surface area contributed by atoms with Gasteiger partial charge in [-0.15, -0.1) is 0 Å². The Bertz CT molecular complexity index is 660. The van der Waals surface area contributed by atoms with Gasteiger partial charge >= 0.3 is 0 Å². The summed E-state index contributed by atoms with van der Waals surface area (Å²) in [6.45, 7) is 3.72. The van der Waals surface area contributed by atoms with Crippen molar-refractivity contribution in [2.45, 2.75) is 32.4 Å². The number of benzene rings is 2. The fraction of sp³-hybridized carbons (Fsp3) is 0.278. The van der Waals surface area contributed by atoms with Crippen LogP contribution in [0, 0.1) is 5.82 Å². The first kappa shape index (κ1) is 17.3. The number of hydrogen-bond acceptors (Lipinski definition) is 2. The minimum absolute atomic E-state index is 0.218. The first-order valence-corrected chi connectivity index (χ1v) is 7.85. The van der Waals surface area contributed by atoms with E-state index in [1.54, 1.807) is 36.4 Å². The highest BCUT2D eigenvalue weighted by Gasteiger charge is 2.20. The zero-order valence-electron chi connectivity index (χ0n) is 13.1. The summed E-state index contributed by atoms with van der Waals surface area (Å²) in [6, 6.07) is 12.7. The lowest BCUT2D eigenvalue weighted by atomic mass is 10.1. The fourth-order valence-electron chi connectivity index (χ4n) is 2.17. The molecule has 0 bridgehead atoms. The zero-order chi connectivity index (χ0) is 16.8. The van der Waals surface area contributed by atoms with Crippen LogP contribution in [0.3, 0.4) is 0 Å². The predicted molar refractivity (Wildman–Crippen MR) is 89.1 cm³/mol. The number of rotatable bonds is 6. The van der Waals surface area contributed by atoms with E-state index in [4.69, 9.17) is 16.3 Å². The van der Waals surface area contributed by atoms with Crippen molar-refractivity contribution in [3.63, 3.8) is 0 Å². The number of carbonyl (C=O) groups is 1. The summed E-state index contributed by atoms with van der Waals surface area (Å²) in [5.74, 6) is 0.0289. The number of carbonyl (C=O) groups excluding carboxylic acids is 1. The average molecular weight is 336 g/mol. The molecule has 0 unspecified atom stereocenters. The molecule has 0 aliphatic carbocycles. The molecule has 2 atom stereocenters. The lowest BCUT2D eigenvalue weighted by Gasteiger charge is -2.21. The van der Waals surface area contributed by atoms with Gasteiger partial charge in [-0.25, -0.2) is 4.39 Å². The molecule has 2 rings (SSSR count). The number of ether oxygens (including phenoxy) is 1. The van der Waals surface area contributed by atoms with E-state index in [1.807, 2.05) is 13.8 Å². The maximum absolute atomic E-state index is 13.0. The summed E-state index contributed by atoms with van der Waals surface area (Å²) in [5, 5.41) is 3.44. The van der Waals surface area contributed by atoms with Crippen LogP contribution in [0.25, 0.3) is 0 Å². The number of amides is 1. The van der Waals surface area contributed by atoms with Crippen molar-refractivity contribution < 1.29 is 13.9 Å². The molecule has 0 saturated heterocycles. The highest BCUT2D eigenvalue weighted by atomic mass is 35.5. The van der Waals surface area contributed by atoms with E-state index in [0.717, 1.165) is 5.56 Å². The Morgan fingerprint density at radius 2 is 1.96 bits per heavy atom. The average Bonchev–Trinajstić information content (AvgIpc) is 2.53. The number of halogens is 2. The quantitative estimate of drug-likeness (QED) is 0.843. The lowest BCUT2D eigenvalue weighted by Crippen LogP contribution is -2.39. The maximum Gasteiger partial charge on any atom is 0.261 e. The van der Waals surface area contributed by atoms with Crippen molar-refractivity contribution in [2.75, 3.05) is 0 Å². The van der Waals surface area contributed by atoms with E-state index in [-0.39, 0.29) is 17.8 Å². The second-order valence-corrected chi connectivity index (χ2v) is 5.69. The molecule has 122 valence electrons. The van der Waals surface area contributed by atoms with Crippen molar-refractivity contribution in [1.82, 2.24) is 5.32 Å². The molecule has 0 saturated carbocycles. The highest BCUT2D eigenvalue weighted by molar-refractivity contribution is 6.30. The van der Waals surface area contributed by atoms with Gasteiger partial charge in [0.05, 0.1) is 6.04 Å². The van der Waals surface area contributed by atoms with E-state index in [1.165, 1.54) is 12.1 Å². The molecule has 1 amide bonds. The summed E-state index contributed by atoms with van der Waals surface area (Å²) in [7, 11) is 0. The van der Waals surface area contributed by atoms with Crippen LogP contribution in [0.15, 0.2) is 48.5 Å². The van der Waals surface area contributed by atoms with Crippen LogP contribution in [0.5, 0.6) is 5.75 Å². The largest absolute Gasteiger partial charge is 0.481 e. The molecule has 23 heavy (non-hydrogen) atoms. The van der Waals surface area contributed by atoms with Crippen molar-refractivity contribution in [3.8, 4) is 5.75 Å². The van der Waals surface area contributed by atoms with Gasteiger partial charge in [0.1, 0.15) is 11.6 Å². The Kier molecular flexibility index (Phi) is 5.99. The maximum atomic E-state index is 13.0. The van der Waals surface area contributed by atoms with Crippen LogP contribution >= 0.6 is 11.6 Å². The molecule has 5 heteroatoms. The Labute approximate surface area is 140 Å². The van der Waals surface area contributed by atoms with E-state index in [9.17, 15) is 9.18 Å². The monoisotopic (exact) mass is 335 g/mol. The van der Waals surface area contributed by atoms with Crippen molar-refractivity contribution in [2.24, 2.45) is 0 Å². The van der Waals surface area contributed by atoms with Gasteiger partial charge in [0.2, 0.25) is 0 Å². The third-order valence-electron chi connectivity index (χ3n) is 3.47. The third kappa shape index (κ3) is 4.96. The first-order chi connectivity index (χ1) is 11.0. The van der Waals surface area contributed by atoms with Crippen LogP contribution in [-0.2, 0) is 4.79 Å². The Balaban J connectivity index is 2.00. The first-order valence-electron chi connectivity index (χ1n) is 7.47. The summed E-state index contributed by atoms with van der Waals surface area (Å²) in [4.78, 5) is 12.4. The van der Waals surface area contributed by atoms with Gasteiger partial charge in [0.15, 0.2) is 6.10 Å². The zero-order valence-corrected chi connectivity index (χ0v) is 13.8. The van der Waals surface area contributed by atoms with Gasteiger partial charge in [0, 0.05) is 5.02 Å². The van der Waals surface area contributed by atoms with Crippen molar-refractivity contribution >= 4 is 17.5 Å². The van der Waals surface area contributed by atoms with E-state index in [0.29, 0.717) is 17.2 Å². The summed E-state index contributed by atoms with van der Waals surface area (Å²) in [5.41, 5.74) is 0.831. The lowest BCUT2D eigenvalue weighted by molar-refractivity contribution is -0.128. The van der Waals surface area contributed by atoms with E-state index < -0.39 is 6.10 Å². The van der Waals surface area contributed by atoms with Crippen LogP contribution in [0.2, 0.25) is 5.02 Å². The van der Waals surface area contributed by atoms with Gasteiger partial charge in [-0.3, -0.25) is 4.79 Å². The molecule has 0 aliphatic rings. The minimum Gasteiger partial charge on any atom is -0.481 e. The normalized spacial score (nSPS) is 13.2. The van der Waals surface area contributed by atoms with Gasteiger partial charge in [0.25, 0.3) is 5.91 Å². The second kappa shape index (κ2) is 7.97. The highest BCUT2D eigenvalue weighted by Crippen LogP contribution is 2.20. The van der Waals surface area contributed by atoms with E-state index >= 15 is 0 Å². The number of hydrogen-bond donors (Lipinski definition) is 1. The summed E-state index contributed by atoms with van der Waals surface area (Å²) < 4.78 is 18.7. The van der Waals surface area contributed by atoms with Crippen LogP contribution < -0.4 is 10.1 Å². The van der Waals surface area contributed by atoms with Gasteiger partial charge in [-0.2, -0.15) is 0 Å². The molecule has 2 aromatic carbocycles. The van der Waals surface area contributed by atoms with E-state index in [2.05, 4.69) is 5.32 Å². The van der Waals surface area contributed by atoms with Gasteiger partial charge < -0.3 is 10.1 Å². The molecular weight excluding hydrogens is 317 g/mol. The van der Waals surface area contributed by atoms with Crippen molar-refractivity contribution in [1.29, 1.82) is 0 Å². The van der Waals surface area contributed by atoms with Crippen molar-refractivity contribution in [3.05, 3.63) is 64.9 Å². The van der Waals surface area contributed by atoms with Crippen LogP contribution in [0.1, 0.15) is 31.9 Å². The molecule has 1 N–H and O–H groups in total. The SMILES string of the molecule is CC[C@@H](Oc1cccc(Cl)c1)C(=O)N[C@@H](C)c1ccc(F)cc1. The molecular formula is C18H19ClFNO2. The van der Waals surface area contributed by atoms with Crippen LogP contribution in [0.4, 0.5) is 4.39 Å². The third-order valence-corrected chi connectivity index (χ3v) is 3.70. The van der Waals surface area contributed by atoms with Crippen LogP contribution in [-0.4, -0.2) is 12.0 Å². The molecule has 0 fully saturated rings. The molecule has 2 aromatic rings. The second-order valence-electron chi connectivity index (χ2n) is 5.25. The minimum atomic E-state index is -0.614. The van der Waals surface area contributed by atoms with Gasteiger partial charge in [-0.1, -0.05) is 36.7 Å². The Morgan fingerprint density at radius 1 is 1.26 bits per heavy atom. The molecule has 0 spiro atoms. The standard InChI is InChI=1S/C18H19ClFNO2/c1-3-17(23-16-6-4-5-14(19)11-16)18(22)21-12(2)13-7-9-15(20)10-8-13/h4-12,17H,3H2,1-2H3,(H,21,22)/t12-,17+/m0/s1. The summed E-state index contributed by atoms with van der Waals surface area (Å²) in [6.07, 6.45) is -0.0922. The molecule has 0 aromatic heterocycles. The Hall–Kier alpha value is -2.07. The predicted octanol–water partition coefficient (Wildman–Crippen LogP) is 4.51. The molecule has 3 nitrogen and oxygen atoms in total.